The van der Waals surface area contributed by atoms with Gasteiger partial charge in [-0.2, -0.15) is 0 Å². The maximum absolute atomic E-state index is 12.6. The third-order valence-corrected chi connectivity index (χ3v) is 4.71. The number of nitrogens with zero attached hydrogens (tertiary/aromatic N) is 1. The molecule has 0 aliphatic carbocycles. The van der Waals surface area contributed by atoms with E-state index in [2.05, 4.69) is 31.3 Å². The fourth-order valence-electron chi connectivity index (χ4n) is 2.31. The van der Waals surface area contributed by atoms with Crippen LogP contribution >= 0.6 is 11.8 Å². The van der Waals surface area contributed by atoms with Crippen LogP contribution in [0.1, 0.15) is 20.3 Å². The van der Waals surface area contributed by atoms with Gasteiger partial charge in [-0.05, 0) is 25.5 Å². The molecule has 1 N–H and O–H groups in total. The number of amides is 1. The highest BCUT2D eigenvalue weighted by molar-refractivity contribution is 8.00. The highest BCUT2D eigenvalue weighted by atomic mass is 32.2. The Kier molecular flexibility index (Phi) is 5.28. The summed E-state index contributed by atoms with van der Waals surface area (Å²) in [5, 5.41) is 3.41. The van der Waals surface area contributed by atoms with Gasteiger partial charge in [0, 0.05) is 30.6 Å². The molecule has 0 spiro atoms. The normalized spacial score (nSPS) is 21.2. The van der Waals surface area contributed by atoms with Gasteiger partial charge in [-0.15, -0.1) is 11.8 Å². The van der Waals surface area contributed by atoms with E-state index in [1.165, 1.54) is 4.90 Å². The second-order valence-electron chi connectivity index (χ2n) is 4.97. The minimum absolute atomic E-state index is 0.0349. The van der Waals surface area contributed by atoms with Crippen molar-refractivity contribution in [3.63, 3.8) is 0 Å². The van der Waals surface area contributed by atoms with Crippen molar-refractivity contribution < 1.29 is 4.79 Å². The van der Waals surface area contributed by atoms with E-state index in [0.717, 1.165) is 26.1 Å². The van der Waals surface area contributed by atoms with Crippen molar-refractivity contribution in [1.82, 2.24) is 10.2 Å². The van der Waals surface area contributed by atoms with Crippen LogP contribution in [0.2, 0.25) is 0 Å². The lowest BCUT2D eigenvalue weighted by Crippen LogP contribution is -2.53. The highest BCUT2D eigenvalue weighted by Gasteiger charge is 2.26. The first kappa shape index (κ1) is 14.4. The molecule has 0 bridgehead atoms. The Balaban J connectivity index is 1.98. The number of thioether (sulfide) groups is 1. The molecule has 2 unspecified atom stereocenters. The van der Waals surface area contributed by atoms with E-state index < -0.39 is 0 Å². The SMILES string of the molecule is CCC(Sc1ccccc1)C(=O)N1CCNC(C)C1. The summed E-state index contributed by atoms with van der Waals surface area (Å²) in [7, 11) is 0. The quantitative estimate of drug-likeness (QED) is 0.858. The fraction of sp³-hybridized carbons (Fsp3) is 0.533. The number of rotatable bonds is 4. The first-order valence-electron chi connectivity index (χ1n) is 6.94. The summed E-state index contributed by atoms with van der Waals surface area (Å²) in [4.78, 5) is 15.7. The molecule has 104 valence electrons. The summed E-state index contributed by atoms with van der Waals surface area (Å²) in [6, 6.07) is 10.6. The van der Waals surface area contributed by atoms with E-state index in [-0.39, 0.29) is 11.2 Å². The number of benzene rings is 1. The summed E-state index contributed by atoms with van der Waals surface area (Å²) < 4.78 is 0. The first-order chi connectivity index (χ1) is 9.20. The van der Waals surface area contributed by atoms with Crippen LogP contribution in [0, 0.1) is 0 Å². The van der Waals surface area contributed by atoms with Crippen molar-refractivity contribution in [2.75, 3.05) is 19.6 Å². The van der Waals surface area contributed by atoms with Crippen molar-refractivity contribution >= 4 is 17.7 Å². The zero-order chi connectivity index (χ0) is 13.7. The van der Waals surface area contributed by atoms with Gasteiger partial charge in [-0.3, -0.25) is 4.79 Å². The van der Waals surface area contributed by atoms with Gasteiger partial charge in [0.05, 0.1) is 5.25 Å². The molecule has 0 radical (unpaired) electrons. The van der Waals surface area contributed by atoms with E-state index in [0.29, 0.717) is 6.04 Å². The number of nitrogens with one attached hydrogen (secondary N) is 1. The van der Waals surface area contributed by atoms with E-state index in [9.17, 15) is 4.79 Å². The van der Waals surface area contributed by atoms with Crippen LogP contribution < -0.4 is 5.32 Å². The third-order valence-electron chi connectivity index (χ3n) is 3.35. The number of hydrogen-bond donors (Lipinski definition) is 1. The Morgan fingerprint density at radius 1 is 1.47 bits per heavy atom. The van der Waals surface area contributed by atoms with E-state index in [1.807, 2.05) is 23.1 Å². The minimum Gasteiger partial charge on any atom is -0.339 e. The Bertz CT molecular complexity index is 410. The molecule has 1 aliphatic heterocycles. The van der Waals surface area contributed by atoms with E-state index in [4.69, 9.17) is 0 Å². The van der Waals surface area contributed by atoms with Crippen LogP contribution in [-0.2, 0) is 4.79 Å². The topological polar surface area (TPSA) is 32.3 Å². The number of carbonyl (C=O) groups excluding carboxylic acids is 1. The van der Waals surface area contributed by atoms with Crippen LogP contribution in [0.3, 0.4) is 0 Å². The van der Waals surface area contributed by atoms with Crippen molar-refractivity contribution in [3.05, 3.63) is 30.3 Å². The van der Waals surface area contributed by atoms with Crippen molar-refractivity contribution in [2.45, 2.75) is 36.5 Å². The van der Waals surface area contributed by atoms with Crippen LogP contribution in [0.4, 0.5) is 0 Å². The van der Waals surface area contributed by atoms with E-state index in [1.54, 1.807) is 11.8 Å². The molecule has 0 saturated carbocycles. The zero-order valence-corrected chi connectivity index (χ0v) is 12.5. The maximum Gasteiger partial charge on any atom is 0.236 e. The molecule has 1 aliphatic rings. The molecule has 1 aromatic rings. The minimum atomic E-state index is 0.0349. The first-order valence-corrected chi connectivity index (χ1v) is 7.82. The largest absolute Gasteiger partial charge is 0.339 e. The van der Waals surface area contributed by atoms with Gasteiger partial charge < -0.3 is 10.2 Å². The fourth-order valence-corrected chi connectivity index (χ4v) is 3.37. The molecule has 1 heterocycles. The second kappa shape index (κ2) is 6.96. The molecule has 19 heavy (non-hydrogen) atoms. The Morgan fingerprint density at radius 2 is 2.21 bits per heavy atom. The molecule has 3 nitrogen and oxygen atoms in total. The van der Waals surface area contributed by atoms with Crippen LogP contribution in [0.25, 0.3) is 0 Å². The Hall–Kier alpha value is -1.00. The molecule has 0 aromatic heterocycles. The molecule has 1 saturated heterocycles. The smallest absolute Gasteiger partial charge is 0.236 e. The Morgan fingerprint density at radius 3 is 2.84 bits per heavy atom. The van der Waals surface area contributed by atoms with Crippen LogP contribution in [0.5, 0.6) is 0 Å². The molecule has 1 aromatic carbocycles. The second-order valence-corrected chi connectivity index (χ2v) is 6.24. The number of hydrogen-bond acceptors (Lipinski definition) is 3. The van der Waals surface area contributed by atoms with Crippen molar-refractivity contribution in [3.8, 4) is 0 Å². The standard InChI is InChI=1S/C15H22N2OS/c1-3-14(19-13-7-5-4-6-8-13)15(18)17-10-9-16-12(2)11-17/h4-8,12,14,16H,3,9-11H2,1-2H3. The molecule has 1 amide bonds. The van der Waals surface area contributed by atoms with Crippen molar-refractivity contribution in [2.24, 2.45) is 0 Å². The molecule has 2 rings (SSSR count). The van der Waals surface area contributed by atoms with Gasteiger partial charge in [0.25, 0.3) is 0 Å². The number of carbonyl (C=O) groups is 1. The van der Waals surface area contributed by atoms with Gasteiger partial charge in [0.2, 0.25) is 5.91 Å². The molecule has 1 fully saturated rings. The number of piperazine rings is 1. The molecular formula is C15H22N2OS. The summed E-state index contributed by atoms with van der Waals surface area (Å²) in [6.45, 7) is 6.77. The average Bonchev–Trinajstić information content (AvgIpc) is 2.45. The van der Waals surface area contributed by atoms with E-state index >= 15 is 0 Å². The van der Waals surface area contributed by atoms with Crippen LogP contribution in [-0.4, -0.2) is 41.7 Å². The lowest BCUT2D eigenvalue weighted by Gasteiger charge is -2.34. The van der Waals surface area contributed by atoms with Crippen LogP contribution in [0.15, 0.2) is 35.2 Å². The third kappa shape index (κ3) is 3.98. The predicted molar refractivity (Wildman–Crippen MR) is 80.4 cm³/mol. The lowest BCUT2D eigenvalue weighted by atomic mass is 10.2. The average molecular weight is 278 g/mol. The summed E-state index contributed by atoms with van der Waals surface area (Å²) in [6.07, 6.45) is 0.872. The maximum atomic E-state index is 12.6. The van der Waals surface area contributed by atoms with Gasteiger partial charge in [0.1, 0.15) is 0 Å². The highest BCUT2D eigenvalue weighted by Crippen LogP contribution is 2.26. The monoisotopic (exact) mass is 278 g/mol. The van der Waals surface area contributed by atoms with Gasteiger partial charge in [-0.1, -0.05) is 25.1 Å². The van der Waals surface area contributed by atoms with Gasteiger partial charge in [-0.25, -0.2) is 0 Å². The zero-order valence-electron chi connectivity index (χ0n) is 11.6. The summed E-state index contributed by atoms with van der Waals surface area (Å²) in [5.41, 5.74) is 0. The molecule has 2 atom stereocenters. The summed E-state index contributed by atoms with van der Waals surface area (Å²) in [5.74, 6) is 0.282. The molecular weight excluding hydrogens is 256 g/mol. The van der Waals surface area contributed by atoms with Gasteiger partial charge in [0.15, 0.2) is 0 Å². The lowest BCUT2D eigenvalue weighted by molar-refractivity contribution is -0.131. The van der Waals surface area contributed by atoms with Gasteiger partial charge >= 0.3 is 0 Å². The predicted octanol–water partition coefficient (Wildman–Crippen LogP) is 2.38. The van der Waals surface area contributed by atoms with Crippen molar-refractivity contribution in [1.29, 1.82) is 0 Å². The molecule has 4 heteroatoms. The Labute approximate surface area is 119 Å². The summed E-state index contributed by atoms with van der Waals surface area (Å²) >= 11 is 1.68.